The van der Waals surface area contributed by atoms with E-state index in [-0.39, 0.29) is 11.9 Å². The first-order valence-electron chi connectivity index (χ1n) is 4.02. The van der Waals surface area contributed by atoms with Crippen molar-refractivity contribution < 1.29 is 9.13 Å². The molecule has 0 aliphatic heterocycles. The van der Waals surface area contributed by atoms with E-state index in [4.69, 9.17) is 4.74 Å². The average Bonchev–Trinajstić information content (AvgIpc) is 2.34. The highest BCUT2D eigenvalue weighted by molar-refractivity contribution is 5.11. The van der Waals surface area contributed by atoms with Crippen molar-refractivity contribution in [3.63, 3.8) is 0 Å². The van der Waals surface area contributed by atoms with E-state index in [2.05, 4.69) is 5.10 Å². The van der Waals surface area contributed by atoms with Gasteiger partial charge in [-0.05, 0) is 20.8 Å². The summed E-state index contributed by atoms with van der Waals surface area (Å²) in [4.78, 5) is 0. The van der Waals surface area contributed by atoms with Crippen LogP contribution in [0.25, 0.3) is 0 Å². The van der Waals surface area contributed by atoms with Gasteiger partial charge in [-0.3, -0.25) is 0 Å². The van der Waals surface area contributed by atoms with Crippen LogP contribution in [-0.4, -0.2) is 16.4 Å². The second-order valence-corrected chi connectivity index (χ2v) is 2.77. The van der Waals surface area contributed by atoms with E-state index < -0.39 is 5.82 Å². The standard InChI is InChI=1S/C8H13FN2O/c1-4-12-8-7(9)5-10-11(8)6(2)3/h5-6H,4H2,1-3H3. The predicted molar refractivity (Wildman–Crippen MR) is 43.7 cm³/mol. The van der Waals surface area contributed by atoms with Gasteiger partial charge in [0.1, 0.15) is 0 Å². The molecule has 0 fully saturated rings. The molecule has 0 aliphatic carbocycles. The molecule has 4 heteroatoms. The SMILES string of the molecule is CCOc1c(F)cnn1C(C)C. The summed E-state index contributed by atoms with van der Waals surface area (Å²) in [5.74, 6) is -0.168. The monoisotopic (exact) mass is 172 g/mol. The van der Waals surface area contributed by atoms with Crippen molar-refractivity contribution in [1.82, 2.24) is 9.78 Å². The Morgan fingerprint density at radius 1 is 1.67 bits per heavy atom. The van der Waals surface area contributed by atoms with Gasteiger partial charge in [0.15, 0.2) is 0 Å². The lowest BCUT2D eigenvalue weighted by molar-refractivity contribution is 0.278. The van der Waals surface area contributed by atoms with Gasteiger partial charge in [-0.15, -0.1) is 0 Å². The van der Waals surface area contributed by atoms with Gasteiger partial charge in [0, 0.05) is 0 Å². The molecular formula is C8H13FN2O. The lowest BCUT2D eigenvalue weighted by atomic mass is 10.4. The zero-order valence-electron chi connectivity index (χ0n) is 7.54. The number of halogens is 1. The largest absolute Gasteiger partial charge is 0.476 e. The maximum atomic E-state index is 12.9. The molecular weight excluding hydrogens is 159 g/mol. The number of hydrogen-bond acceptors (Lipinski definition) is 2. The number of aromatic nitrogens is 2. The van der Waals surface area contributed by atoms with E-state index in [1.807, 2.05) is 20.8 Å². The summed E-state index contributed by atoms with van der Waals surface area (Å²) in [6, 6.07) is 0.121. The zero-order valence-corrected chi connectivity index (χ0v) is 7.54. The summed E-state index contributed by atoms with van der Waals surface area (Å²) >= 11 is 0. The highest BCUT2D eigenvalue weighted by Crippen LogP contribution is 2.19. The van der Waals surface area contributed by atoms with Crippen LogP contribution in [-0.2, 0) is 0 Å². The second-order valence-electron chi connectivity index (χ2n) is 2.77. The van der Waals surface area contributed by atoms with E-state index in [1.54, 1.807) is 0 Å². The Kier molecular flexibility index (Phi) is 2.68. The van der Waals surface area contributed by atoms with E-state index in [1.165, 1.54) is 10.9 Å². The normalized spacial score (nSPS) is 10.8. The van der Waals surface area contributed by atoms with Gasteiger partial charge in [-0.25, -0.2) is 4.68 Å². The lowest BCUT2D eigenvalue weighted by Crippen LogP contribution is -2.07. The molecule has 68 valence electrons. The first-order valence-corrected chi connectivity index (χ1v) is 4.02. The Balaban J connectivity index is 2.95. The first kappa shape index (κ1) is 9.03. The summed E-state index contributed by atoms with van der Waals surface area (Å²) in [5.41, 5.74) is 0. The van der Waals surface area contributed by atoms with Crippen molar-refractivity contribution in [2.75, 3.05) is 6.61 Å². The van der Waals surface area contributed by atoms with Gasteiger partial charge in [0.05, 0.1) is 18.8 Å². The smallest absolute Gasteiger partial charge is 0.249 e. The highest BCUT2D eigenvalue weighted by Gasteiger charge is 2.13. The van der Waals surface area contributed by atoms with Crippen molar-refractivity contribution in [3.05, 3.63) is 12.0 Å². The second kappa shape index (κ2) is 3.56. The van der Waals surface area contributed by atoms with Crippen LogP contribution in [0.2, 0.25) is 0 Å². The van der Waals surface area contributed by atoms with Gasteiger partial charge in [-0.2, -0.15) is 9.49 Å². The van der Waals surface area contributed by atoms with E-state index in [0.29, 0.717) is 6.61 Å². The van der Waals surface area contributed by atoms with Crippen LogP contribution in [0, 0.1) is 5.82 Å². The molecule has 0 atom stereocenters. The molecule has 0 spiro atoms. The molecule has 1 rings (SSSR count). The minimum absolute atomic E-state index is 0.121. The number of nitrogens with zero attached hydrogens (tertiary/aromatic N) is 2. The Morgan fingerprint density at radius 3 is 2.83 bits per heavy atom. The molecule has 0 unspecified atom stereocenters. The maximum Gasteiger partial charge on any atom is 0.249 e. The molecule has 1 aromatic heterocycles. The summed E-state index contributed by atoms with van der Waals surface area (Å²) in [6.45, 7) is 6.12. The van der Waals surface area contributed by atoms with Crippen LogP contribution in [0.3, 0.4) is 0 Å². The average molecular weight is 172 g/mol. The summed E-state index contributed by atoms with van der Waals surface area (Å²) in [6.07, 6.45) is 1.17. The summed E-state index contributed by atoms with van der Waals surface area (Å²) < 4.78 is 19.6. The van der Waals surface area contributed by atoms with Crippen LogP contribution in [0.4, 0.5) is 4.39 Å². The van der Waals surface area contributed by atoms with Crippen LogP contribution >= 0.6 is 0 Å². The van der Waals surface area contributed by atoms with Gasteiger partial charge < -0.3 is 4.74 Å². The first-order chi connectivity index (χ1) is 5.66. The van der Waals surface area contributed by atoms with Gasteiger partial charge >= 0.3 is 0 Å². The fraction of sp³-hybridized carbons (Fsp3) is 0.625. The maximum absolute atomic E-state index is 12.9. The molecule has 12 heavy (non-hydrogen) atoms. The topological polar surface area (TPSA) is 27.1 Å². The molecule has 0 radical (unpaired) electrons. The van der Waals surface area contributed by atoms with Gasteiger partial charge in [0.2, 0.25) is 11.7 Å². The van der Waals surface area contributed by atoms with E-state index in [0.717, 1.165) is 0 Å². The molecule has 0 amide bonds. The molecule has 0 N–H and O–H groups in total. The molecule has 0 bridgehead atoms. The predicted octanol–water partition coefficient (Wildman–Crippen LogP) is 2.00. The van der Waals surface area contributed by atoms with Crippen molar-refractivity contribution in [3.8, 4) is 5.88 Å². The van der Waals surface area contributed by atoms with Crippen LogP contribution < -0.4 is 4.74 Å². The van der Waals surface area contributed by atoms with Crippen molar-refractivity contribution in [1.29, 1.82) is 0 Å². The third kappa shape index (κ3) is 1.57. The molecule has 0 saturated carbocycles. The Bertz CT molecular complexity index is 258. The Hall–Kier alpha value is -1.06. The Morgan fingerprint density at radius 2 is 2.33 bits per heavy atom. The van der Waals surface area contributed by atoms with Crippen LogP contribution in [0.5, 0.6) is 5.88 Å². The summed E-state index contributed by atoms with van der Waals surface area (Å²) in [7, 11) is 0. The third-order valence-corrected chi connectivity index (χ3v) is 1.48. The quantitative estimate of drug-likeness (QED) is 0.697. The van der Waals surface area contributed by atoms with Crippen LogP contribution in [0.15, 0.2) is 6.20 Å². The number of ether oxygens (including phenoxy) is 1. The Labute approximate surface area is 71.1 Å². The van der Waals surface area contributed by atoms with Crippen molar-refractivity contribution in [2.45, 2.75) is 26.8 Å². The highest BCUT2D eigenvalue weighted by atomic mass is 19.1. The molecule has 0 saturated heterocycles. The number of hydrogen-bond donors (Lipinski definition) is 0. The molecule has 1 heterocycles. The summed E-state index contributed by atoms with van der Waals surface area (Å²) in [5, 5.41) is 3.85. The lowest BCUT2D eigenvalue weighted by Gasteiger charge is -2.10. The number of rotatable bonds is 3. The molecule has 0 aliphatic rings. The fourth-order valence-corrected chi connectivity index (χ4v) is 0.970. The van der Waals surface area contributed by atoms with Crippen molar-refractivity contribution in [2.24, 2.45) is 0 Å². The minimum atomic E-state index is -0.398. The molecule has 0 aromatic carbocycles. The van der Waals surface area contributed by atoms with Crippen molar-refractivity contribution >= 4 is 0 Å². The van der Waals surface area contributed by atoms with E-state index >= 15 is 0 Å². The van der Waals surface area contributed by atoms with E-state index in [9.17, 15) is 4.39 Å². The molecule has 1 aromatic rings. The van der Waals surface area contributed by atoms with Crippen LogP contribution in [0.1, 0.15) is 26.8 Å². The van der Waals surface area contributed by atoms with Gasteiger partial charge in [0.25, 0.3) is 0 Å². The van der Waals surface area contributed by atoms with Gasteiger partial charge in [-0.1, -0.05) is 0 Å². The zero-order chi connectivity index (χ0) is 9.14. The third-order valence-electron chi connectivity index (χ3n) is 1.48. The fourth-order valence-electron chi connectivity index (χ4n) is 0.970. The molecule has 3 nitrogen and oxygen atoms in total. The minimum Gasteiger partial charge on any atom is -0.476 e.